The Balaban J connectivity index is 1.58. The van der Waals surface area contributed by atoms with Gasteiger partial charge in [0.1, 0.15) is 5.88 Å². The van der Waals surface area contributed by atoms with E-state index in [1.54, 1.807) is 0 Å². The first-order valence-corrected chi connectivity index (χ1v) is 7.84. The van der Waals surface area contributed by atoms with Gasteiger partial charge in [-0.1, -0.05) is 24.3 Å². The molecule has 116 valence electrons. The van der Waals surface area contributed by atoms with Crippen molar-refractivity contribution >= 4 is 17.7 Å². The quantitative estimate of drug-likeness (QED) is 0.793. The van der Waals surface area contributed by atoms with Crippen molar-refractivity contribution in [2.45, 2.75) is 5.88 Å². The maximum absolute atomic E-state index is 5.66. The van der Waals surface area contributed by atoms with Crippen LogP contribution in [0, 0.1) is 0 Å². The summed E-state index contributed by atoms with van der Waals surface area (Å²) in [4.78, 5) is 2.38. The molecule has 1 aromatic heterocycles. The average molecular weight is 320 g/mol. The van der Waals surface area contributed by atoms with Gasteiger partial charge in [0, 0.05) is 25.2 Å². The van der Waals surface area contributed by atoms with Gasteiger partial charge < -0.3 is 9.15 Å². The maximum Gasteiger partial charge on any atom is 0.247 e. The maximum atomic E-state index is 5.66. The van der Waals surface area contributed by atoms with Crippen LogP contribution in [0.1, 0.15) is 11.5 Å². The molecule has 1 saturated heterocycles. The van der Waals surface area contributed by atoms with E-state index in [-0.39, 0.29) is 5.88 Å². The van der Waals surface area contributed by atoms with Gasteiger partial charge in [-0.2, -0.15) is 0 Å². The Bertz CT molecular complexity index is 619. The van der Waals surface area contributed by atoms with Crippen LogP contribution < -0.4 is 0 Å². The molecule has 2 heterocycles. The summed E-state index contributed by atoms with van der Waals surface area (Å²) in [5.74, 6) is 1.17. The number of alkyl halides is 1. The monoisotopic (exact) mass is 319 g/mol. The minimum absolute atomic E-state index is 0.232. The van der Waals surface area contributed by atoms with E-state index in [9.17, 15) is 0 Å². The van der Waals surface area contributed by atoms with Gasteiger partial charge in [-0.05, 0) is 17.7 Å². The Labute approximate surface area is 134 Å². The molecule has 3 rings (SSSR count). The van der Waals surface area contributed by atoms with Crippen molar-refractivity contribution in [3.05, 3.63) is 41.8 Å². The highest BCUT2D eigenvalue weighted by Crippen LogP contribution is 2.19. The summed E-state index contributed by atoms with van der Waals surface area (Å²) < 4.78 is 10.8. The van der Waals surface area contributed by atoms with Crippen LogP contribution in [0.3, 0.4) is 0 Å². The summed E-state index contributed by atoms with van der Waals surface area (Å²) in [6, 6.07) is 8.02. The molecule has 2 aromatic rings. The Kier molecular flexibility index (Phi) is 5.21. The molecule has 0 amide bonds. The number of nitrogens with zero attached hydrogens (tertiary/aromatic N) is 3. The Morgan fingerprint density at radius 3 is 2.59 bits per heavy atom. The lowest BCUT2D eigenvalue weighted by Crippen LogP contribution is -2.36. The molecule has 6 heteroatoms. The second-order valence-electron chi connectivity index (χ2n) is 5.07. The number of benzene rings is 1. The van der Waals surface area contributed by atoms with Gasteiger partial charge in [0.15, 0.2) is 0 Å². The largest absolute Gasteiger partial charge is 0.419 e. The van der Waals surface area contributed by atoms with Crippen molar-refractivity contribution in [1.29, 1.82) is 0 Å². The molecule has 1 fully saturated rings. The lowest BCUT2D eigenvalue weighted by atomic mass is 10.1. The summed E-state index contributed by atoms with van der Waals surface area (Å²) in [6.45, 7) is 4.62. The molecule has 0 saturated carbocycles. The van der Waals surface area contributed by atoms with Gasteiger partial charge in [0.05, 0.1) is 13.2 Å². The number of halogens is 1. The molecule has 0 unspecified atom stereocenters. The Morgan fingerprint density at radius 2 is 1.91 bits per heavy atom. The van der Waals surface area contributed by atoms with Crippen LogP contribution in [0.25, 0.3) is 17.5 Å². The lowest BCUT2D eigenvalue weighted by molar-refractivity contribution is 0.0435. The van der Waals surface area contributed by atoms with Gasteiger partial charge in [0.25, 0.3) is 0 Å². The summed E-state index contributed by atoms with van der Waals surface area (Å²) in [6.07, 6.45) is 4.30. The van der Waals surface area contributed by atoms with E-state index in [1.807, 2.05) is 24.3 Å². The predicted molar refractivity (Wildman–Crippen MR) is 85.6 cm³/mol. The van der Waals surface area contributed by atoms with Gasteiger partial charge in [-0.25, -0.2) is 0 Å². The van der Waals surface area contributed by atoms with Crippen molar-refractivity contribution in [2.24, 2.45) is 0 Å². The fourth-order valence-electron chi connectivity index (χ4n) is 2.28. The van der Waals surface area contributed by atoms with Crippen LogP contribution >= 0.6 is 11.6 Å². The third-order valence-electron chi connectivity index (χ3n) is 3.52. The van der Waals surface area contributed by atoms with E-state index in [1.165, 1.54) is 0 Å². The molecular weight excluding hydrogens is 302 g/mol. The molecule has 0 N–H and O–H groups in total. The van der Waals surface area contributed by atoms with E-state index in [0.717, 1.165) is 44.0 Å². The molecule has 1 aromatic carbocycles. The SMILES string of the molecule is ClCc1nnc(-c2ccc(/C=C/CN3CCOCC3)cc2)o1. The zero-order valence-electron chi connectivity index (χ0n) is 12.2. The van der Waals surface area contributed by atoms with Crippen LogP contribution in [0.2, 0.25) is 0 Å². The number of morpholine rings is 1. The smallest absolute Gasteiger partial charge is 0.247 e. The van der Waals surface area contributed by atoms with Gasteiger partial charge in [-0.15, -0.1) is 21.8 Å². The molecule has 5 nitrogen and oxygen atoms in total. The molecule has 0 bridgehead atoms. The number of rotatable bonds is 5. The van der Waals surface area contributed by atoms with Crippen LogP contribution in [-0.4, -0.2) is 47.9 Å². The van der Waals surface area contributed by atoms with Gasteiger partial charge >= 0.3 is 0 Å². The predicted octanol–water partition coefficient (Wildman–Crippen LogP) is 2.82. The highest BCUT2D eigenvalue weighted by molar-refractivity contribution is 6.16. The van der Waals surface area contributed by atoms with E-state index in [4.69, 9.17) is 20.8 Å². The number of aromatic nitrogens is 2. The Hall–Kier alpha value is -1.69. The molecule has 0 radical (unpaired) electrons. The highest BCUT2D eigenvalue weighted by atomic mass is 35.5. The topological polar surface area (TPSA) is 51.4 Å². The standard InChI is InChI=1S/C16H18ClN3O2/c17-12-15-18-19-16(22-15)14-5-3-13(4-6-14)2-1-7-20-8-10-21-11-9-20/h1-6H,7-12H2/b2-1+. The zero-order valence-corrected chi connectivity index (χ0v) is 13.0. The fraction of sp³-hybridized carbons (Fsp3) is 0.375. The van der Waals surface area contributed by atoms with Gasteiger partial charge in [0.2, 0.25) is 11.8 Å². The number of hydrogen-bond acceptors (Lipinski definition) is 5. The normalized spacial score (nSPS) is 16.4. The first-order chi connectivity index (χ1) is 10.8. The molecule has 0 atom stereocenters. The first-order valence-electron chi connectivity index (χ1n) is 7.30. The van der Waals surface area contributed by atoms with Gasteiger partial charge in [-0.3, -0.25) is 4.90 Å². The van der Waals surface area contributed by atoms with Crippen LogP contribution in [-0.2, 0) is 10.6 Å². The second-order valence-corrected chi connectivity index (χ2v) is 5.34. The third kappa shape index (κ3) is 3.94. The first kappa shape index (κ1) is 15.2. The number of hydrogen-bond donors (Lipinski definition) is 0. The zero-order chi connectivity index (χ0) is 15.2. The van der Waals surface area contributed by atoms with Crippen LogP contribution in [0.15, 0.2) is 34.8 Å². The molecular formula is C16H18ClN3O2. The van der Waals surface area contributed by atoms with Crippen molar-refractivity contribution < 1.29 is 9.15 Å². The minimum atomic E-state index is 0.232. The van der Waals surface area contributed by atoms with E-state index in [2.05, 4.69) is 27.2 Å². The highest BCUT2D eigenvalue weighted by Gasteiger charge is 2.08. The van der Waals surface area contributed by atoms with Crippen LogP contribution in [0.4, 0.5) is 0 Å². The van der Waals surface area contributed by atoms with Crippen LogP contribution in [0.5, 0.6) is 0 Å². The van der Waals surface area contributed by atoms with Crippen molar-refractivity contribution in [2.75, 3.05) is 32.8 Å². The summed E-state index contributed by atoms with van der Waals surface area (Å²) in [5, 5.41) is 7.83. The second kappa shape index (κ2) is 7.54. The molecule has 1 aliphatic rings. The van der Waals surface area contributed by atoms with Crippen molar-refractivity contribution in [3.63, 3.8) is 0 Å². The van der Waals surface area contributed by atoms with E-state index < -0.39 is 0 Å². The van der Waals surface area contributed by atoms with Crippen molar-refractivity contribution in [1.82, 2.24) is 15.1 Å². The van der Waals surface area contributed by atoms with Crippen molar-refractivity contribution in [3.8, 4) is 11.5 Å². The lowest BCUT2D eigenvalue weighted by Gasteiger charge is -2.25. The summed E-state index contributed by atoms with van der Waals surface area (Å²) in [5.41, 5.74) is 2.04. The molecule has 0 aliphatic carbocycles. The number of ether oxygens (including phenoxy) is 1. The molecule has 22 heavy (non-hydrogen) atoms. The molecule has 1 aliphatic heterocycles. The third-order valence-corrected chi connectivity index (χ3v) is 3.75. The van der Waals surface area contributed by atoms with E-state index >= 15 is 0 Å². The summed E-state index contributed by atoms with van der Waals surface area (Å²) >= 11 is 5.66. The van der Waals surface area contributed by atoms with E-state index in [0.29, 0.717) is 11.8 Å². The average Bonchev–Trinajstić information content (AvgIpc) is 3.06. The minimum Gasteiger partial charge on any atom is -0.419 e. The molecule has 0 spiro atoms. The fourth-order valence-corrected chi connectivity index (χ4v) is 2.39. The Morgan fingerprint density at radius 1 is 1.14 bits per heavy atom. The summed E-state index contributed by atoms with van der Waals surface area (Å²) in [7, 11) is 0.